The summed E-state index contributed by atoms with van der Waals surface area (Å²) in [5, 5.41) is 12.0. The first kappa shape index (κ1) is 23.7. The minimum Gasteiger partial charge on any atom is -0.393 e. The second-order valence-electron chi connectivity index (χ2n) is 9.90. The quantitative estimate of drug-likeness (QED) is 0.628. The molecule has 5 heteroatoms. The van der Waals surface area contributed by atoms with Crippen LogP contribution in [0.2, 0.25) is 0 Å². The molecule has 0 radical (unpaired) electrons. The average molecular weight is 418 g/mol. The Bertz CT molecular complexity index is 631. The third kappa shape index (κ3) is 7.31. The Morgan fingerprint density at radius 3 is 2.53 bits per heavy atom. The molecule has 0 bridgehead atoms. The largest absolute Gasteiger partial charge is 0.393 e. The summed E-state index contributed by atoms with van der Waals surface area (Å²) < 4.78 is 0. The molecule has 30 heavy (non-hydrogen) atoms. The van der Waals surface area contributed by atoms with Crippen LogP contribution in [0.25, 0.3) is 0 Å². The molecule has 1 aliphatic heterocycles. The SMILES string of the molecule is C[C@H](O)[C@H]1CN(Cc2cccc(CN(CCN(C)C)CC3CCCCC3)c2)O[C@H]1C. The number of aliphatic hydroxyl groups is 1. The van der Waals surface area contributed by atoms with Crippen LogP contribution in [0.15, 0.2) is 24.3 Å². The molecule has 1 aliphatic carbocycles. The Hall–Kier alpha value is -0.980. The minimum atomic E-state index is -0.332. The fourth-order valence-electron chi connectivity index (χ4n) is 4.99. The molecule has 3 rings (SSSR count). The highest BCUT2D eigenvalue weighted by Gasteiger charge is 2.34. The summed E-state index contributed by atoms with van der Waals surface area (Å²) >= 11 is 0. The zero-order valence-electron chi connectivity index (χ0n) is 19.6. The predicted molar refractivity (Wildman–Crippen MR) is 123 cm³/mol. The Kier molecular flexibility index (Phi) is 9.14. The van der Waals surface area contributed by atoms with Gasteiger partial charge >= 0.3 is 0 Å². The number of hydrogen-bond acceptors (Lipinski definition) is 5. The number of likely N-dealkylation sites (N-methyl/N-ethyl adjacent to an activating group) is 1. The Morgan fingerprint density at radius 2 is 1.87 bits per heavy atom. The summed E-state index contributed by atoms with van der Waals surface area (Å²) in [4.78, 5) is 10.9. The van der Waals surface area contributed by atoms with Crippen molar-refractivity contribution in [3.63, 3.8) is 0 Å². The van der Waals surface area contributed by atoms with Gasteiger partial charge in [-0.15, -0.1) is 0 Å². The molecule has 1 saturated heterocycles. The van der Waals surface area contributed by atoms with E-state index in [2.05, 4.69) is 55.1 Å². The molecular weight excluding hydrogens is 374 g/mol. The van der Waals surface area contributed by atoms with Crippen molar-refractivity contribution in [1.82, 2.24) is 14.9 Å². The molecule has 0 aromatic heterocycles. The lowest BCUT2D eigenvalue weighted by Crippen LogP contribution is -2.35. The highest BCUT2D eigenvalue weighted by molar-refractivity contribution is 5.23. The molecule has 1 N–H and O–H groups in total. The van der Waals surface area contributed by atoms with Gasteiger partial charge in [0.15, 0.2) is 0 Å². The molecule has 0 unspecified atom stereocenters. The Labute approximate surface area is 183 Å². The Morgan fingerprint density at radius 1 is 1.13 bits per heavy atom. The summed E-state index contributed by atoms with van der Waals surface area (Å²) in [5.74, 6) is 1.05. The second kappa shape index (κ2) is 11.6. The van der Waals surface area contributed by atoms with E-state index < -0.39 is 0 Å². The van der Waals surface area contributed by atoms with E-state index in [9.17, 15) is 5.11 Å². The molecule has 0 spiro atoms. The lowest BCUT2D eigenvalue weighted by Gasteiger charge is -2.30. The van der Waals surface area contributed by atoms with Gasteiger partial charge in [-0.05, 0) is 57.8 Å². The zero-order chi connectivity index (χ0) is 21.5. The van der Waals surface area contributed by atoms with Crippen LogP contribution in [0.5, 0.6) is 0 Å². The van der Waals surface area contributed by atoms with E-state index in [-0.39, 0.29) is 18.1 Å². The molecule has 1 aromatic rings. The number of aliphatic hydroxyl groups excluding tert-OH is 1. The molecule has 2 fully saturated rings. The van der Waals surface area contributed by atoms with Crippen molar-refractivity contribution in [3.05, 3.63) is 35.4 Å². The van der Waals surface area contributed by atoms with Crippen LogP contribution in [0.3, 0.4) is 0 Å². The number of nitrogens with zero attached hydrogens (tertiary/aromatic N) is 3. The maximum absolute atomic E-state index is 9.96. The van der Waals surface area contributed by atoms with E-state index in [0.29, 0.717) is 0 Å². The van der Waals surface area contributed by atoms with Gasteiger partial charge in [0.25, 0.3) is 0 Å². The number of hydroxylamine groups is 2. The number of hydrogen-bond donors (Lipinski definition) is 1. The van der Waals surface area contributed by atoms with E-state index >= 15 is 0 Å². The van der Waals surface area contributed by atoms with E-state index in [4.69, 9.17) is 4.84 Å². The van der Waals surface area contributed by atoms with Gasteiger partial charge in [-0.1, -0.05) is 43.5 Å². The fourth-order valence-corrected chi connectivity index (χ4v) is 4.99. The van der Waals surface area contributed by atoms with E-state index in [1.165, 1.54) is 49.8 Å². The van der Waals surface area contributed by atoms with Crippen LogP contribution < -0.4 is 0 Å². The van der Waals surface area contributed by atoms with Gasteiger partial charge in [-0.3, -0.25) is 9.74 Å². The molecule has 1 aromatic carbocycles. The lowest BCUT2D eigenvalue weighted by molar-refractivity contribution is -0.149. The van der Waals surface area contributed by atoms with Gasteiger partial charge < -0.3 is 10.0 Å². The molecule has 1 heterocycles. The van der Waals surface area contributed by atoms with Crippen LogP contribution in [0.4, 0.5) is 0 Å². The van der Waals surface area contributed by atoms with Gasteiger partial charge in [-0.25, -0.2) is 0 Å². The third-order valence-electron chi connectivity index (χ3n) is 6.81. The van der Waals surface area contributed by atoms with Crippen molar-refractivity contribution in [2.24, 2.45) is 11.8 Å². The number of benzene rings is 1. The molecule has 5 nitrogen and oxygen atoms in total. The van der Waals surface area contributed by atoms with Crippen LogP contribution in [-0.2, 0) is 17.9 Å². The highest BCUT2D eigenvalue weighted by atomic mass is 16.7. The topological polar surface area (TPSA) is 39.2 Å². The van der Waals surface area contributed by atoms with Crippen molar-refractivity contribution in [3.8, 4) is 0 Å². The van der Waals surface area contributed by atoms with Crippen LogP contribution in [0, 0.1) is 11.8 Å². The summed E-state index contributed by atoms with van der Waals surface area (Å²) in [7, 11) is 4.33. The average Bonchev–Trinajstić information content (AvgIpc) is 3.07. The van der Waals surface area contributed by atoms with Crippen molar-refractivity contribution in [1.29, 1.82) is 0 Å². The second-order valence-corrected chi connectivity index (χ2v) is 9.90. The minimum absolute atomic E-state index is 0.0743. The Balaban J connectivity index is 1.59. The smallest absolute Gasteiger partial charge is 0.0831 e. The first-order valence-corrected chi connectivity index (χ1v) is 12.0. The van der Waals surface area contributed by atoms with Crippen molar-refractivity contribution >= 4 is 0 Å². The molecular formula is C25H43N3O2. The number of rotatable bonds is 10. The van der Waals surface area contributed by atoms with Crippen molar-refractivity contribution in [2.75, 3.05) is 40.3 Å². The predicted octanol–water partition coefficient (Wildman–Crippen LogP) is 3.76. The van der Waals surface area contributed by atoms with Gasteiger partial charge in [0.05, 0.1) is 12.2 Å². The molecule has 0 amide bonds. The van der Waals surface area contributed by atoms with E-state index in [0.717, 1.165) is 38.6 Å². The molecule has 3 atom stereocenters. The van der Waals surface area contributed by atoms with Crippen molar-refractivity contribution < 1.29 is 9.94 Å². The van der Waals surface area contributed by atoms with Crippen molar-refractivity contribution in [2.45, 2.75) is 71.2 Å². The summed E-state index contributed by atoms with van der Waals surface area (Å²) in [6.45, 7) is 9.96. The summed E-state index contributed by atoms with van der Waals surface area (Å²) in [6, 6.07) is 8.98. The van der Waals surface area contributed by atoms with Gasteiger partial charge in [0.1, 0.15) is 0 Å². The van der Waals surface area contributed by atoms with Gasteiger partial charge in [0.2, 0.25) is 0 Å². The molecule has 170 valence electrons. The monoisotopic (exact) mass is 417 g/mol. The first-order chi connectivity index (χ1) is 14.4. The van der Waals surface area contributed by atoms with Crippen LogP contribution >= 0.6 is 0 Å². The molecule has 2 aliphatic rings. The molecule has 1 saturated carbocycles. The van der Waals surface area contributed by atoms with Crippen LogP contribution in [0.1, 0.15) is 57.1 Å². The van der Waals surface area contributed by atoms with Gasteiger partial charge in [0, 0.05) is 45.2 Å². The maximum atomic E-state index is 9.96. The zero-order valence-corrected chi connectivity index (χ0v) is 19.6. The lowest BCUT2D eigenvalue weighted by atomic mass is 9.89. The standard InChI is InChI=1S/C25H43N3O2/c1-20(29)25-19-28(30-21(25)2)18-24-12-8-11-23(15-24)17-27(14-13-26(3)4)16-22-9-6-5-7-10-22/h8,11-12,15,20-22,25,29H,5-7,9-10,13-14,16-19H2,1-4H3/t20-,21-,25+/m0/s1. The van der Waals surface area contributed by atoms with E-state index in [1.54, 1.807) is 0 Å². The summed E-state index contributed by atoms with van der Waals surface area (Å²) in [6.07, 6.45) is 6.77. The summed E-state index contributed by atoms with van der Waals surface area (Å²) in [5.41, 5.74) is 2.68. The highest BCUT2D eigenvalue weighted by Crippen LogP contribution is 2.26. The maximum Gasteiger partial charge on any atom is 0.0831 e. The third-order valence-corrected chi connectivity index (χ3v) is 6.81. The normalized spacial score (nSPS) is 24.8. The van der Waals surface area contributed by atoms with Crippen LogP contribution in [-0.4, -0.2) is 72.5 Å². The first-order valence-electron chi connectivity index (χ1n) is 12.0. The van der Waals surface area contributed by atoms with E-state index in [1.807, 2.05) is 12.0 Å². The fraction of sp³-hybridized carbons (Fsp3) is 0.760. The van der Waals surface area contributed by atoms with Gasteiger partial charge in [-0.2, -0.15) is 5.06 Å².